The molecular weight excluding hydrogens is 481 g/mol. The SMILES string of the molecule is NC(=O)c1cccnc1Nc1ccnc(Nc2ccc(N3CCOCC3)cc2)c1.O=C(O)C(F)(F)F. The normalized spacial score (nSPS) is 13.2. The highest BCUT2D eigenvalue weighted by Crippen LogP contribution is 2.24. The summed E-state index contributed by atoms with van der Waals surface area (Å²) in [4.78, 5) is 31.3. The van der Waals surface area contributed by atoms with Crippen LogP contribution in [-0.2, 0) is 9.53 Å². The van der Waals surface area contributed by atoms with Crippen molar-refractivity contribution in [1.82, 2.24) is 9.97 Å². The van der Waals surface area contributed by atoms with Gasteiger partial charge in [0.25, 0.3) is 5.91 Å². The summed E-state index contributed by atoms with van der Waals surface area (Å²) in [5, 5.41) is 13.5. The predicted molar refractivity (Wildman–Crippen MR) is 127 cm³/mol. The maximum atomic E-state index is 11.6. The predicted octanol–water partition coefficient (Wildman–Crippen LogP) is 3.53. The monoisotopic (exact) mass is 504 g/mol. The number of hydrogen-bond donors (Lipinski definition) is 4. The van der Waals surface area contributed by atoms with E-state index in [-0.39, 0.29) is 0 Å². The Morgan fingerprint density at radius 3 is 2.25 bits per heavy atom. The minimum atomic E-state index is -5.08. The summed E-state index contributed by atoms with van der Waals surface area (Å²) in [5.41, 5.74) is 8.60. The van der Waals surface area contributed by atoms with Gasteiger partial charge >= 0.3 is 12.1 Å². The molecule has 13 heteroatoms. The number of halogens is 3. The van der Waals surface area contributed by atoms with Crippen molar-refractivity contribution < 1.29 is 32.6 Å². The zero-order valence-electron chi connectivity index (χ0n) is 18.8. The molecule has 1 aliphatic rings. The van der Waals surface area contributed by atoms with Crippen LogP contribution in [0.3, 0.4) is 0 Å². The van der Waals surface area contributed by atoms with Gasteiger partial charge in [0.1, 0.15) is 11.6 Å². The number of alkyl halides is 3. The molecule has 1 aliphatic heterocycles. The zero-order valence-corrected chi connectivity index (χ0v) is 18.8. The van der Waals surface area contributed by atoms with Gasteiger partial charge in [0, 0.05) is 48.6 Å². The largest absolute Gasteiger partial charge is 0.490 e. The molecule has 0 unspecified atom stereocenters. The number of carbonyl (C=O) groups excluding carboxylic acids is 1. The molecule has 0 bridgehead atoms. The molecule has 3 heterocycles. The number of nitrogens with one attached hydrogen (secondary N) is 2. The number of anilines is 5. The molecule has 0 radical (unpaired) electrons. The Hall–Kier alpha value is -4.39. The van der Waals surface area contributed by atoms with Gasteiger partial charge in [-0.1, -0.05) is 0 Å². The lowest BCUT2D eigenvalue weighted by molar-refractivity contribution is -0.192. The number of benzene rings is 1. The quantitative estimate of drug-likeness (QED) is 0.396. The van der Waals surface area contributed by atoms with Crippen molar-refractivity contribution in [3.05, 3.63) is 66.5 Å². The summed E-state index contributed by atoms with van der Waals surface area (Å²) in [6.45, 7) is 3.33. The molecule has 10 nitrogen and oxygen atoms in total. The van der Waals surface area contributed by atoms with Crippen molar-refractivity contribution in [3.8, 4) is 0 Å². The fourth-order valence-corrected chi connectivity index (χ4v) is 3.14. The Labute approximate surface area is 203 Å². The summed E-state index contributed by atoms with van der Waals surface area (Å²) >= 11 is 0. The van der Waals surface area contributed by atoms with Crippen LogP contribution in [0.5, 0.6) is 0 Å². The molecule has 0 aliphatic carbocycles. The Morgan fingerprint density at radius 1 is 0.972 bits per heavy atom. The number of carbonyl (C=O) groups is 2. The van der Waals surface area contributed by atoms with Gasteiger partial charge in [0.2, 0.25) is 0 Å². The van der Waals surface area contributed by atoms with E-state index in [2.05, 4.69) is 37.6 Å². The molecule has 190 valence electrons. The zero-order chi connectivity index (χ0) is 26.1. The van der Waals surface area contributed by atoms with Gasteiger partial charge in [0.05, 0.1) is 18.8 Å². The van der Waals surface area contributed by atoms with Crippen LogP contribution in [0.25, 0.3) is 0 Å². The highest BCUT2D eigenvalue weighted by molar-refractivity contribution is 5.98. The lowest BCUT2D eigenvalue weighted by Crippen LogP contribution is -2.36. The fraction of sp³-hybridized carbons (Fsp3) is 0.217. The second-order valence-electron chi connectivity index (χ2n) is 7.39. The third-order valence-corrected chi connectivity index (χ3v) is 4.85. The number of nitrogens with zero attached hydrogens (tertiary/aromatic N) is 3. The van der Waals surface area contributed by atoms with E-state index in [1.54, 1.807) is 30.6 Å². The van der Waals surface area contributed by atoms with Gasteiger partial charge < -0.3 is 31.1 Å². The second-order valence-corrected chi connectivity index (χ2v) is 7.39. The molecule has 1 saturated heterocycles. The average Bonchev–Trinajstić information content (AvgIpc) is 2.85. The second kappa shape index (κ2) is 11.8. The van der Waals surface area contributed by atoms with Crippen molar-refractivity contribution in [3.63, 3.8) is 0 Å². The first kappa shape index (κ1) is 26.2. The van der Waals surface area contributed by atoms with Crippen LogP contribution in [0.4, 0.5) is 41.9 Å². The number of carboxylic acid groups (broad SMARTS) is 1. The number of rotatable bonds is 6. The molecular formula is C23H23F3N6O4. The molecule has 0 spiro atoms. The number of aromatic nitrogens is 2. The number of nitrogens with two attached hydrogens (primary N) is 1. The lowest BCUT2D eigenvalue weighted by atomic mass is 10.2. The molecule has 0 atom stereocenters. The van der Waals surface area contributed by atoms with E-state index in [9.17, 15) is 18.0 Å². The Bertz CT molecular complexity index is 1180. The van der Waals surface area contributed by atoms with E-state index in [0.29, 0.717) is 17.2 Å². The van der Waals surface area contributed by atoms with Gasteiger partial charge in [-0.2, -0.15) is 13.2 Å². The third-order valence-electron chi connectivity index (χ3n) is 4.85. The lowest BCUT2D eigenvalue weighted by Gasteiger charge is -2.28. The highest BCUT2D eigenvalue weighted by Gasteiger charge is 2.38. The minimum Gasteiger partial charge on any atom is -0.475 e. The molecule has 1 amide bonds. The summed E-state index contributed by atoms with van der Waals surface area (Å²) < 4.78 is 37.1. The summed E-state index contributed by atoms with van der Waals surface area (Å²) in [6, 6.07) is 15.2. The van der Waals surface area contributed by atoms with Crippen molar-refractivity contribution in [2.45, 2.75) is 6.18 Å². The number of amides is 1. The minimum absolute atomic E-state index is 0.331. The topological polar surface area (TPSA) is 143 Å². The molecule has 2 aromatic heterocycles. The van der Waals surface area contributed by atoms with Crippen LogP contribution in [0.2, 0.25) is 0 Å². The number of aliphatic carboxylic acids is 1. The van der Waals surface area contributed by atoms with Crippen LogP contribution in [0.15, 0.2) is 60.9 Å². The number of morpholine rings is 1. The molecule has 3 aromatic rings. The fourth-order valence-electron chi connectivity index (χ4n) is 3.14. The first-order valence-electron chi connectivity index (χ1n) is 10.6. The van der Waals surface area contributed by atoms with E-state index in [4.69, 9.17) is 20.4 Å². The number of pyridine rings is 2. The van der Waals surface area contributed by atoms with Gasteiger partial charge in [-0.25, -0.2) is 14.8 Å². The molecule has 1 aromatic carbocycles. The van der Waals surface area contributed by atoms with Gasteiger partial charge in [-0.15, -0.1) is 0 Å². The first-order chi connectivity index (χ1) is 17.1. The van der Waals surface area contributed by atoms with Crippen molar-refractivity contribution in [1.29, 1.82) is 0 Å². The van der Waals surface area contributed by atoms with Crippen molar-refractivity contribution in [2.75, 3.05) is 41.8 Å². The molecule has 4 rings (SSSR count). The number of hydrogen-bond acceptors (Lipinski definition) is 8. The highest BCUT2D eigenvalue weighted by atomic mass is 19.4. The summed E-state index contributed by atoms with van der Waals surface area (Å²) in [7, 11) is 0. The third kappa shape index (κ3) is 7.56. The maximum Gasteiger partial charge on any atom is 0.490 e. The molecule has 0 saturated carbocycles. The van der Waals surface area contributed by atoms with Crippen LogP contribution in [0.1, 0.15) is 10.4 Å². The maximum absolute atomic E-state index is 11.6. The van der Waals surface area contributed by atoms with Crippen LogP contribution >= 0.6 is 0 Å². The van der Waals surface area contributed by atoms with E-state index in [0.717, 1.165) is 37.7 Å². The Balaban J connectivity index is 0.000000454. The van der Waals surface area contributed by atoms with Gasteiger partial charge in [-0.3, -0.25) is 4.79 Å². The Morgan fingerprint density at radius 2 is 1.64 bits per heavy atom. The summed E-state index contributed by atoms with van der Waals surface area (Å²) in [5.74, 6) is -2.21. The van der Waals surface area contributed by atoms with E-state index in [1.807, 2.05) is 18.2 Å². The average molecular weight is 504 g/mol. The van der Waals surface area contributed by atoms with E-state index >= 15 is 0 Å². The smallest absolute Gasteiger partial charge is 0.475 e. The molecule has 36 heavy (non-hydrogen) atoms. The van der Waals surface area contributed by atoms with Crippen molar-refractivity contribution in [2.24, 2.45) is 5.73 Å². The van der Waals surface area contributed by atoms with Crippen LogP contribution < -0.4 is 21.3 Å². The number of ether oxygens (including phenoxy) is 1. The van der Waals surface area contributed by atoms with Crippen molar-refractivity contribution >= 4 is 40.6 Å². The van der Waals surface area contributed by atoms with Crippen LogP contribution in [0, 0.1) is 0 Å². The van der Waals surface area contributed by atoms with Gasteiger partial charge in [-0.05, 0) is 42.5 Å². The Kier molecular flexibility index (Phi) is 8.62. The van der Waals surface area contributed by atoms with E-state index < -0.39 is 18.1 Å². The molecule has 1 fully saturated rings. The van der Waals surface area contributed by atoms with Crippen LogP contribution in [-0.4, -0.2) is 59.4 Å². The number of carboxylic acids is 1. The van der Waals surface area contributed by atoms with E-state index in [1.165, 1.54) is 5.69 Å². The number of primary amides is 1. The standard InChI is InChI=1S/C21H22N6O2.C2HF3O2/c22-20(28)18-2-1-8-24-21(18)26-16-7-9-23-19(14-16)25-15-3-5-17(6-4-15)27-10-12-29-13-11-27;3-2(4,5)1(6)7/h1-9,14H,10-13H2,(H2,22,28)(H2,23,24,25,26);(H,6,7). The summed E-state index contributed by atoms with van der Waals surface area (Å²) in [6.07, 6.45) is -1.80. The first-order valence-corrected chi connectivity index (χ1v) is 10.6. The van der Waals surface area contributed by atoms with Gasteiger partial charge in [0.15, 0.2) is 0 Å². The molecule has 5 N–H and O–H groups in total.